The molecular weight excluding hydrogens is 482 g/mol. The minimum atomic E-state index is 0.0851. The van der Waals surface area contributed by atoms with Crippen LogP contribution in [-0.4, -0.2) is 4.98 Å². The van der Waals surface area contributed by atoms with Gasteiger partial charge in [-0.25, -0.2) is 0 Å². The van der Waals surface area contributed by atoms with E-state index >= 15 is 0 Å². The number of nitrogens with zero attached hydrogens (tertiary/aromatic N) is 1. The molecule has 1 heteroatoms. The monoisotopic (exact) mass is 511 g/mol. The minimum Gasteiger partial charge on any atom is -0.265 e. The smallest absolute Gasteiger partial charge is 0.0273 e. The molecule has 0 saturated heterocycles. The Balaban J connectivity index is 1.57. The first-order valence-corrected chi connectivity index (χ1v) is 14.0. The molecule has 0 aliphatic heterocycles. The Hall–Kier alpha value is -4.75. The van der Waals surface area contributed by atoms with E-state index < -0.39 is 0 Å². The molecular formula is C39H29N. The lowest BCUT2D eigenvalue weighted by atomic mass is 9.81. The quantitative estimate of drug-likeness (QED) is 0.210. The van der Waals surface area contributed by atoms with Crippen molar-refractivity contribution < 1.29 is 0 Å². The summed E-state index contributed by atoms with van der Waals surface area (Å²) in [5.74, 6) is 0. The summed E-state index contributed by atoms with van der Waals surface area (Å²) < 4.78 is 0. The third-order valence-electron chi connectivity index (χ3n) is 8.63. The molecule has 0 saturated carbocycles. The highest BCUT2D eigenvalue weighted by molar-refractivity contribution is 6.29. The van der Waals surface area contributed by atoms with Crippen molar-refractivity contribution in [1.82, 2.24) is 4.98 Å². The summed E-state index contributed by atoms with van der Waals surface area (Å²) in [6.07, 6.45) is 3.79. The van der Waals surface area contributed by atoms with Crippen molar-refractivity contribution in [2.24, 2.45) is 0 Å². The second-order valence-electron chi connectivity index (χ2n) is 12.0. The van der Waals surface area contributed by atoms with Gasteiger partial charge in [0.2, 0.25) is 0 Å². The first kappa shape index (κ1) is 23.2. The molecule has 7 aromatic carbocycles. The highest BCUT2D eigenvalue weighted by Crippen LogP contribution is 2.46. The van der Waals surface area contributed by atoms with E-state index in [9.17, 15) is 0 Å². The van der Waals surface area contributed by atoms with E-state index in [1.165, 1.54) is 81.7 Å². The Morgan fingerprint density at radius 3 is 1.75 bits per heavy atom. The molecule has 0 spiro atoms. The molecule has 0 amide bonds. The fourth-order valence-electron chi connectivity index (χ4n) is 6.62. The molecule has 0 fully saturated rings. The number of rotatable bonds is 2. The van der Waals surface area contributed by atoms with Crippen molar-refractivity contribution in [1.29, 1.82) is 0 Å². The molecule has 190 valence electrons. The lowest BCUT2D eigenvalue weighted by molar-refractivity contribution is 0.591. The highest BCUT2D eigenvalue weighted by atomic mass is 14.6. The molecule has 0 unspecified atom stereocenters. The maximum atomic E-state index is 4.32. The third-order valence-corrected chi connectivity index (χ3v) is 8.63. The number of aromatic nitrogens is 1. The van der Waals surface area contributed by atoms with Gasteiger partial charge in [0, 0.05) is 12.4 Å². The molecule has 8 rings (SSSR count). The first-order chi connectivity index (χ1) is 19.5. The van der Waals surface area contributed by atoms with Gasteiger partial charge in [-0.05, 0) is 111 Å². The van der Waals surface area contributed by atoms with Crippen molar-refractivity contribution >= 4 is 53.9 Å². The average Bonchev–Trinajstić information content (AvgIpc) is 2.99. The molecule has 1 heterocycles. The summed E-state index contributed by atoms with van der Waals surface area (Å²) in [7, 11) is 0. The lowest BCUT2D eigenvalue weighted by Gasteiger charge is -2.23. The van der Waals surface area contributed by atoms with Gasteiger partial charge in [0.1, 0.15) is 0 Å². The third kappa shape index (κ3) is 3.37. The average molecular weight is 512 g/mol. The van der Waals surface area contributed by atoms with E-state index in [1.54, 1.807) is 0 Å². The van der Waals surface area contributed by atoms with Crippen LogP contribution in [0.2, 0.25) is 0 Å². The Morgan fingerprint density at radius 1 is 0.450 bits per heavy atom. The van der Waals surface area contributed by atoms with E-state index in [4.69, 9.17) is 0 Å². The summed E-state index contributed by atoms with van der Waals surface area (Å²) in [6, 6.07) is 40.8. The number of pyridine rings is 1. The first-order valence-electron chi connectivity index (χ1n) is 14.0. The van der Waals surface area contributed by atoms with Gasteiger partial charge in [-0.15, -0.1) is 0 Å². The van der Waals surface area contributed by atoms with Gasteiger partial charge in [0.05, 0.1) is 0 Å². The fourth-order valence-corrected chi connectivity index (χ4v) is 6.62. The number of fused-ring (bicyclic) bond motifs is 3. The van der Waals surface area contributed by atoms with Crippen molar-refractivity contribution in [3.05, 3.63) is 127 Å². The predicted octanol–water partition coefficient (Wildman–Crippen LogP) is 10.9. The molecule has 0 radical (unpaired) electrons. The van der Waals surface area contributed by atoms with Gasteiger partial charge in [0.25, 0.3) is 0 Å². The summed E-state index contributed by atoms with van der Waals surface area (Å²) in [5.41, 5.74) is 6.44. The summed E-state index contributed by atoms with van der Waals surface area (Å²) in [6.45, 7) is 6.89. The van der Waals surface area contributed by atoms with E-state index in [2.05, 4.69) is 135 Å². The SMILES string of the molecule is CC(C)(C)c1cc2ccc3c(-c4ccncc4)cc(-c4cc5ccccc5c5ccccc45)c4ccc(c1)c2c34. The second-order valence-corrected chi connectivity index (χ2v) is 12.0. The van der Waals surface area contributed by atoms with Crippen LogP contribution < -0.4 is 0 Å². The van der Waals surface area contributed by atoms with Gasteiger partial charge in [0.15, 0.2) is 0 Å². The van der Waals surface area contributed by atoms with Gasteiger partial charge in [-0.3, -0.25) is 4.98 Å². The molecule has 0 N–H and O–H groups in total. The standard InChI is InChI=1S/C39H29N/c1-39(2,3)28-20-26-12-14-32-34(24-16-18-40-19-17-24)23-36(33-15-13-27(21-28)37(26)38(32)33)35-22-25-8-4-5-9-29(25)30-10-6-7-11-31(30)35/h4-23H,1-3H3. The van der Waals surface area contributed by atoms with Crippen LogP contribution in [0.5, 0.6) is 0 Å². The molecule has 0 bridgehead atoms. The van der Waals surface area contributed by atoms with E-state index in [0.717, 1.165) is 0 Å². The van der Waals surface area contributed by atoms with Crippen molar-refractivity contribution in [3.63, 3.8) is 0 Å². The van der Waals surface area contributed by atoms with E-state index in [-0.39, 0.29) is 5.41 Å². The summed E-state index contributed by atoms with van der Waals surface area (Å²) in [4.78, 5) is 4.32. The molecule has 40 heavy (non-hydrogen) atoms. The Kier molecular flexibility index (Phi) is 4.85. The van der Waals surface area contributed by atoms with E-state index in [0.29, 0.717) is 0 Å². The van der Waals surface area contributed by atoms with Crippen molar-refractivity contribution in [2.45, 2.75) is 26.2 Å². The molecule has 0 aliphatic carbocycles. The second kappa shape index (κ2) is 8.37. The molecule has 0 aliphatic rings. The number of benzene rings is 7. The van der Waals surface area contributed by atoms with Crippen LogP contribution in [0.4, 0.5) is 0 Å². The Morgan fingerprint density at radius 2 is 1.05 bits per heavy atom. The number of hydrogen-bond donors (Lipinski definition) is 0. The highest BCUT2D eigenvalue weighted by Gasteiger charge is 2.21. The maximum Gasteiger partial charge on any atom is 0.0273 e. The number of hydrogen-bond acceptors (Lipinski definition) is 1. The van der Waals surface area contributed by atoms with Crippen LogP contribution >= 0.6 is 0 Å². The zero-order valence-electron chi connectivity index (χ0n) is 23.0. The van der Waals surface area contributed by atoms with Crippen molar-refractivity contribution in [3.8, 4) is 22.3 Å². The maximum absolute atomic E-state index is 4.32. The van der Waals surface area contributed by atoms with Crippen LogP contribution in [0.1, 0.15) is 26.3 Å². The topological polar surface area (TPSA) is 12.9 Å². The predicted molar refractivity (Wildman–Crippen MR) is 173 cm³/mol. The van der Waals surface area contributed by atoms with Crippen LogP contribution in [0.25, 0.3) is 76.1 Å². The van der Waals surface area contributed by atoms with Gasteiger partial charge < -0.3 is 0 Å². The van der Waals surface area contributed by atoms with Crippen LogP contribution in [0.15, 0.2) is 122 Å². The molecule has 1 nitrogen and oxygen atoms in total. The van der Waals surface area contributed by atoms with Crippen LogP contribution in [-0.2, 0) is 5.41 Å². The fraction of sp³-hybridized carbons (Fsp3) is 0.103. The summed E-state index contributed by atoms with van der Waals surface area (Å²) in [5, 5.41) is 13.0. The summed E-state index contributed by atoms with van der Waals surface area (Å²) >= 11 is 0. The van der Waals surface area contributed by atoms with Gasteiger partial charge >= 0.3 is 0 Å². The van der Waals surface area contributed by atoms with Crippen molar-refractivity contribution in [2.75, 3.05) is 0 Å². The zero-order valence-corrected chi connectivity index (χ0v) is 23.0. The van der Waals surface area contributed by atoms with Gasteiger partial charge in [-0.1, -0.05) is 106 Å². The Bertz CT molecular complexity index is 2210. The minimum absolute atomic E-state index is 0.0851. The largest absolute Gasteiger partial charge is 0.265 e. The van der Waals surface area contributed by atoms with Crippen LogP contribution in [0, 0.1) is 0 Å². The normalized spacial score (nSPS) is 12.4. The molecule has 0 atom stereocenters. The lowest BCUT2D eigenvalue weighted by Crippen LogP contribution is -2.10. The molecule has 1 aromatic heterocycles. The van der Waals surface area contributed by atoms with E-state index in [1.807, 2.05) is 12.4 Å². The van der Waals surface area contributed by atoms with Crippen LogP contribution in [0.3, 0.4) is 0 Å². The van der Waals surface area contributed by atoms with Gasteiger partial charge in [-0.2, -0.15) is 0 Å². The molecule has 8 aromatic rings. The zero-order chi connectivity index (χ0) is 27.0. The Labute approximate surface area is 234 Å².